The second kappa shape index (κ2) is 6.69. The highest BCUT2D eigenvalue weighted by atomic mass is 16.2. The first-order chi connectivity index (χ1) is 11.1. The molecule has 1 aromatic carbocycles. The number of amides is 1. The monoisotopic (exact) mass is 311 g/mol. The maximum absolute atomic E-state index is 12.1. The molecule has 1 fully saturated rings. The number of aromatic amines is 1. The number of piperidine rings is 1. The molecule has 2 aromatic rings. The van der Waals surface area contributed by atoms with Crippen molar-refractivity contribution in [3.8, 4) is 0 Å². The molecule has 0 saturated carbocycles. The number of H-pyrrole nitrogens is 1. The minimum absolute atomic E-state index is 0.113. The van der Waals surface area contributed by atoms with E-state index < -0.39 is 5.91 Å². The zero-order chi connectivity index (χ0) is 16.2. The van der Waals surface area contributed by atoms with Gasteiger partial charge < -0.3 is 15.2 Å². The smallest absolute Gasteiger partial charge is 0.261 e. The van der Waals surface area contributed by atoms with E-state index in [9.17, 15) is 9.59 Å². The van der Waals surface area contributed by atoms with Crippen LogP contribution < -0.4 is 15.8 Å². The van der Waals surface area contributed by atoms with Gasteiger partial charge in [-0.25, -0.2) is 0 Å². The topological polar surface area (TPSA) is 65.2 Å². The number of hydrogen-bond donors (Lipinski definition) is 2. The Morgan fingerprint density at radius 3 is 2.52 bits per heavy atom. The fraction of sp³-hybridized carbons (Fsp3) is 0.333. The summed E-state index contributed by atoms with van der Waals surface area (Å²) in [5.41, 5.74) is 1.59. The molecule has 0 aliphatic carbocycles. The second-order valence-corrected chi connectivity index (χ2v) is 6.08. The molecule has 2 heterocycles. The highest BCUT2D eigenvalue weighted by Gasteiger charge is 2.16. The van der Waals surface area contributed by atoms with E-state index in [0.717, 1.165) is 19.0 Å². The molecule has 1 aromatic heterocycles. The summed E-state index contributed by atoms with van der Waals surface area (Å²) in [6.45, 7) is 4.44. The predicted octanol–water partition coefficient (Wildman–Crippen LogP) is 2.86. The quantitative estimate of drug-likeness (QED) is 0.916. The number of benzene rings is 1. The van der Waals surface area contributed by atoms with Crippen LogP contribution in [0.2, 0.25) is 0 Å². The zero-order valence-corrected chi connectivity index (χ0v) is 13.2. The lowest BCUT2D eigenvalue weighted by Gasteiger charge is -2.32. The van der Waals surface area contributed by atoms with E-state index >= 15 is 0 Å². The Balaban J connectivity index is 1.67. The largest absolute Gasteiger partial charge is 0.372 e. The number of anilines is 2. The summed E-state index contributed by atoms with van der Waals surface area (Å²) < 4.78 is 0. The van der Waals surface area contributed by atoms with E-state index in [0.29, 0.717) is 5.69 Å². The lowest BCUT2D eigenvalue weighted by Crippen LogP contribution is -2.32. The molecule has 2 N–H and O–H groups in total. The molecule has 0 atom stereocenters. The Hall–Kier alpha value is -2.56. The fourth-order valence-corrected chi connectivity index (χ4v) is 2.82. The van der Waals surface area contributed by atoms with E-state index in [4.69, 9.17) is 0 Å². The van der Waals surface area contributed by atoms with Crippen molar-refractivity contribution in [2.45, 2.75) is 19.8 Å². The Kier molecular flexibility index (Phi) is 4.46. The normalized spacial score (nSPS) is 15.4. The summed E-state index contributed by atoms with van der Waals surface area (Å²) >= 11 is 0. The van der Waals surface area contributed by atoms with Crippen molar-refractivity contribution in [1.29, 1.82) is 0 Å². The minimum Gasteiger partial charge on any atom is -0.372 e. The van der Waals surface area contributed by atoms with E-state index in [-0.39, 0.29) is 11.1 Å². The van der Waals surface area contributed by atoms with Crippen molar-refractivity contribution in [3.05, 3.63) is 58.5 Å². The molecule has 5 heteroatoms. The first kappa shape index (κ1) is 15.3. The van der Waals surface area contributed by atoms with Crippen molar-refractivity contribution in [1.82, 2.24) is 4.98 Å². The van der Waals surface area contributed by atoms with Gasteiger partial charge in [-0.2, -0.15) is 0 Å². The van der Waals surface area contributed by atoms with Gasteiger partial charge in [-0.3, -0.25) is 9.59 Å². The highest BCUT2D eigenvalue weighted by molar-refractivity contribution is 6.04. The molecule has 1 aliphatic heterocycles. The fourth-order valence-electron chi connectivity index (χ4n) is 2.82. The van der Waals surface area contributed by atoms with Crippen molar-refractivity contribution >= 4 is 17.3 Å². The second-order valence-electron chi connectivity index (χ2n) is 6.08. The highest BCUT2D eigenvalue weighted by Crippen LogP contribution is 2.24. The molecule has 0 bridgehead atoms. The molecule has 0 radical (unpaired) electrons. The van der Waals surface area contributed by atoms with Crippen LogP contribution in [-0.2, 0) is 0 Å². The maximum atomic E-state index is 12.1. The molecular weight excluding hydrogens is 290 g/mol. The van der Waals surface area contributed by atoms with Gasteiger partial charge >= 0.3 is 0 Å². The standard InChI is InChI=1S/C18H21N3O2/c1-13-8-11-21(12-9-13)15-6-4-14(5-7-15)20-18(23)16-3-2-10-19-17(16)22/h2-7,10,13H,8-9,11-12H2,1H3,(H,19,22)(H,20,23). The first-order valence-electron chi connectivity index (χ1n) is 7.97. The Bertz CT molecular complexity index is 728. The number of nitrogens with zero attached hydrogens (tertiary/aromatic N) is 1. The van der Waals surface area contributed by atoms with E-state index in [2.05, 4.69) is 22.1 Å². The van der Waals surface area contributed by atoms with Crippen molar-refractivity contribution in [3.63, 3.8) is 0 Å². The van der Waals surface area contributed by atoms with E-state index in [1.54, 1.807) is 6.07 Å². The van der Waals surface area contributed by atoms with Crippen molar-refractivity contribution < 1.29 is 4.79 Å². The van der Waals surface area contributed by atoms with Gasteiger partial charge in [0.15, 0.2) is 0 Å². The van der Waals surface area contributed by atoms with Crippen LogP contribution in [0.5, 0.6) is 0 Å². The number of aromatic nitrogens is 1. The number of carbonyl (C=O) groups is 1. The summed E-state index contributed by atoms with van der Waals surface area (Å²) in [6, 6.07) is 10.9. The Morgan fingerprint density at radius 2 is 1.87 bits per heavy atom. The molecule has 0 spiro atoms. The molecule has 3 rings (SSSR count). The summed E-state index contributed by atoms with van der Waals surface area (Å²) in [5, 5.41) is 2.76. The van der Waals surface area contributed by atoms with Gasteiger partial charge in [-0.05, 0) is 55.2 Å². The predicted molar refractivity (Wildman–Crippen MR) is 92.1 cm³/mol. The number of nitrogens with one attached hydrogen (secondary N) is 2. The summed E-state index contributed by atoms with van der Waals surface area (Å²) in [5.74, 6) is 0.403. The van der Waals surface area contributed by atoms with Gasteiger partial charge in [0.1, 0.15) is 5.56 Å². The Labute approximate surface area is 135 Å². The molecule has 1 amide bonds. The van der Waals surface area contributed by atoms with Gasteiger partial charge in [0.05, 0.1) is 0 Å². The van der Waals surface area contributed by atoms with Gasteiger partial charge in [0, 0.05) is 30.7 Å². The first-order valence-corrected chi connectivity index (χ1v) is 7.97. The van der Waals surface area contributed by atoms with Crippen molar-refractivity contribution in [2.24, 2.45) is 5.92 Å². The summed E-state index contributed by atoms with van der Waals surface area (Å²) in [7, 11) is 0. The molecule has 0 unspecified atom stereocenters. The molecule has 5 nitrogen and oxygen atoms in total. The molecule has 120 valence electrons. The zero-order valence-electron chi connectivity index (χ0n) is 13.2. The van der Waals surface area contributed by atoms with Crippen LogP contribution in [0, 0.1) is 5.92 Å². The number of pyridine rings is 1. The minimum atomic E-state index is -0.397. The van der Waals surface area contributed by atoms with Gasteiger partial charge in [-0.15, -0.1) is 0 Å². The van der Waals surface area contributed by atoms with Gasteiger partial charge in [-0.1, -0.05) is 6.92 Å². The van der Waals surface area contributed by atoms with E-state index in [1.807, 2.05) is 24.3 Å². The lowest BCUT2D eigenvalue weighted by atomic mass is 9.99. The third-order valence-electron chi connectivity index (χ3n) is 4.34. The average Bonchev–Trinajstić information content (AvgIpc) is 2.57. The molecule has 1 aliphatic rings. The van der Waals surface area contributed by atoms with Crippen molar-refractivity contribution in [2.75, 3.05) is 23.3 Å². The van der Waals surface area contributed by atoms with Gasteiger partial charge in [0.25, 0.3) is 11.5 Å². The Morgan fingerprint density at radius 1 is 1.17 bits per heavy atom. The summed E-state index contributed by atoms with van der Waals surface area (Å²) in [4.78, 5) is 28.6. The molecule has 1 saturated heterocycles. The van der Waals surface area contributed by atoms with Crippen LogP contribution in [-0.4, -0.2) is 24.0 Å². The number of hydrogen-bond acceptors (Lipinski definition) is 3. The van der Waals surface area contributed by atoms with Crippen LogP contribution >= 0.6 is 0 Å². The number of carbonyl (C=O) groups excluding carboxylic acids is 1. The lowest BCUT2D eigenvalue weighted by molar-refractivity contribution is 0.102. The molecular formula is C18H21N3O2. The van der Waals surface area contributed by atoms with Crippen LogP contribution in [0.1, 0.15) is 30.1 Å². The van der Waals surface area contributed by atoms with Crippen LogP contribution in [0.15, 0.2) is 47.4 Å². The van der Waals surface area contributed by atoms with Crippen LogP contribution in [0.25, 0.3) is 0 Å². The van der Waals surface area contributed by atoms with Crippen LogP contribution in [0.4, 0.5) is 11.4 Å². The van der Waals surface area contributed by atoms with Gasteiger partial charge in [0.2, 0.25) is 0 Å². The maximum Gasteiger partial charge on any atom is 0.261 e. The van der Waals surface area contributed by atoms with E-state index in [1.165, 1.54) is 30.8 Å². The van der Waals surface area contributed by atoms with Crippen LogP contribution in [0.3, 0.4) is 0 Å². The average molecular weight is 311 g/mol. The third kappa shape index (κ3) is 3.62. The molecule has 23 heavy (non-hydrogen) atoms. The SMILES string of the molecule is CC1CCN(c2ccc(NC(=O)c3ccc[nH]c3=O)cc2)CC1. The summed E-state index contributed by atoms with van der Waals surface area (Å²) in [6.07, 6.45) is 3.94. The number of rotatable bonds is 3. The third-order valence-corrected chi connectivity index (χ3v) is 4.34.